The molecule has 26 heavy (non-hydrogen) atoms. The molecule has 0 spiro atoms. The lowest BCUT2D eigenvalue weighted by Gasteiger charge is -2.11. The summed E-state index contributed by atoms with van der Waals surface area (Å²) >= 11 is 1.41. The molecule has 132 valence electrons. The predicted molar refractivity (Wildman–Crippen MR) is 106 cm³/mol. The van der Waals surface area contributed by atoms with Crippen LogP contribution in [0.1, 0.15) is 36.7 Å². The number of hydrogen-bond donors (Lipinski definition) is 2. The molecule has 0 saturated heterocycles. The molecule has 3 rings (SSSR count). The molecule has 5 heteroatoms. The summed E-state index contributed by atoms with van der Waals surface area (Å²) in [6.45, 7) is 4.43. The third kappa shape index (κ3) is 4.18. The highest BCUT2D eigenvalue weighted by atomic mass is 32.1. The minimum Gasteiger partial charge on any atom is -0.347 e. The van der Waals surface area contributed by atoms with E-state index in [0.29, 0.717) is 17.0 Å². The molecule has 1 aromatic heterocycles. The third-order valence-corrected chi connectivity index (χ3v) is 5.14. The van der Waals surface area contributed by atoms with E-state index in [2.05, 4.69) is 10.6 Å². The van der Waals surface area contributed by atoms with Gasteiger partial charge in [0.15, 0.2) is 0 Å². The van der Waals surface area contributed by atoms with Crippen molar-refractivity contribution in [3.63, 3.8) is 0 Å². The molecule has 2 aromatic carbocycles. The van der Waals surface area contributed by atoms with E-state index in [1.807, 2.05) is 55.6 Å². The lowest BCUT2D eigenvalue weighted by atomic mass is 10.1. The van der Waals surface area contributed by atoms with Crippen LogP contribution in [0.3, 0.4) is 0 Å². The lowest BCUT2D eigenvalue weighted by molar-refractivity contribution is 0.0953. The van der Waals surface area contributed by atoms with Gasteiger partial charge in [0, 0.05) is 17.8 Å². The fourth-order valence-corrected chi connectivity index (χ4v) is 3.17. The van der Waals surface area contributed by atoms with Crippen molar-refractivity contribution in [2.75, 3.05) is 5.32 Å². The number of thiophene rings is 1. The number of anilines is 1. The Hall–Kier alpha value is -2.92. The van der Waals surface area contributed by atoms with Gasteiger partial charge < -0.3 is 10.6 Å². The SMILES string of the molecule is Cc1cccc(NC(=O)c2ccc(CNC(=O)c3cccs3)cc2)c1C. The summed E-state index contributed by atoms with van der Waals surface area (Å²) in [5, 5.41) is 7.70. The van der Waals surface area contributed by atoms with E-state index >= 15 is 0 Å². The molecule has 0 unspecified atom stereocenters. The van der Waals surface area contributed by atoms with Gasteiger partial charge in [-0.1, -0.05) is 30.3 Å². The number of benzene rings is 2. The molecule has 0 fully saturated rings. The minimum absolute atomic E-state index is 0.0863. The summed E-state index contributed by atoms with van der Waals surface area (Å²) in [6.07, 6.45) is 0. The first-order valence-corrected chi connectivity index (χ1v) is 9.21. The molecule has 0 atom stereocenters. The quantitative estimate of drug-likeness (QED) is 0.698. The highest BCUT2D eigenvalue weighted by molar-refractivity contribution is 7.12. The molecular weight excluding hydrogens is 344 g/mol. The van der Waals surface area contributed by atoms with Gasteiger partial charge in [-0.2, -0.15) is 0 Å². The van der Waals surface area contributed by atoms with Crippen molar-refractivity contribution in [3.8, 4) is 0 Å². The van der Waals surface area contributed by atoms with Crippen LogP contribution < -0.4 is 10.6 Å². The molecule has 2 amide bonds. The Labute approximate surface area is 156 Å². The van der Waals surface area contributed by atoms with E-state index < -0.39 is 0 Å². The maximum atomic E-state index is 12.4. The van der Waals surface area contributed by atoms with Crippen LogP contribution >= 0.6 is 11.3 Å². The number of rotatable bonds is 5. The fourth-order valence-electron chi connectivity index (χ4n) is 2.53. The Morgan fingerprint density at radius 2 is 1.69 bits per heavy atom. The van der Waals surface area contributed by atoms with Gasteiger partial charge in [0.2, 0.25) is 0 Å². The zero-order valence-corrected chi connectivity index (χ0v) is 15.5. The lowest BCUT2D eigenvalue weighted by Crippen LogP contribution is -2.21. The van der Waals surface area contributed by atoms with Crippen LogP contribution in [0.25, 0.3) is 0 Å². The Bertz CT molecular complexity index is 916. The number of nitrogens with one attached hydrogen (secondary N) is 2. The summed E-state index contributed by atoms with van der Waals surface area (Å²) in [7, 11) is 0. The van der Waals surface area contributed by atoms with Crippen LogP contribution in [0.2, 0.25) is 0 Å². The van der Waals surface area contributed by atoms with Gasteiger partial charge in [-0.25, -0.2) is 0 Å². The van der Waals surface area contributed by atoms with Gasteiger partial charge in [0.25, 0.3) is 11.8 Å². The maximum absolute atomic E-state index is 12.4. The number of carbonyl (C=O) groups excluding carboxylic acids is 2. The average Bonchev–Trinajstić information content (AvgIpc) is 3.19. The smallest absolute Gasteiger partial charge is 0.261 e. The van der Waals surface area contributed by atoms with Crippen LogP contribution in [-0.2, 0) is 6.54 Å². The molecule has 0 radical (unpaired) electrons. The van der Waals surface area contributed by atoms with Gasteiger partial charge in [0.1, 0.15) is 0 Å². The van der Waals surface area contributed by atoms with Crippen molar-refractivity contribution >= 4 is 28.8 Å². The van der Waals surface area contributed by atoms with Gasteiger partial charge in [-0.3, -0.25) is 9.59 Å². The molecule has 4 nitrogen and oxygen atoms in total. The summed E-state index contributed by atoms with van der Waals surface area (Å²) in [6, 6.07) is 16.7. The zero-order valence-electron chi connectivity index (χ0n) is 14.7. The largest absolute Gasteiger partial charge is 0.347 e. The second kappa shape index (κ2) is 7.97. The van der Waals surface area contributed by atoms with Gasteiger partial charge in [0.05, 0.1) is 4.88 Å². The van der Waals surface area contributed by atoms with Crippen molar-refractivity contribution in [1.29, 1.82) is 0 Å². The number of carbonyl (C=O) groups is 2. The van der Waals surface area contributed by atoms with E-state index in [4.69, 9.17) is 0 Å². The molecule has 0 aliphatic carbocycles. The Balaban J connectivity index is 1.61. The first kappa shape index (κ1) is 17.9. The van der Waals surface area contributed by atoms with Crippen LogP contribution in [-0.4, -0.2) is 11.8 Å². The van der Waals surface area contributed by atoms with Gasteiger partial charge in [-0.15, -0.1) is 11.3 Å². The first-order valence-electron chi connectivity index (χ1n) is 8.33. The second-order valence-electron chi connectivity index (χ2n) is 6.06. The summed E-state index contributed by atoms with van der Waals surface area (Å²) < 4.78 is 0. The van der Waals surface area contributed by atoms with Gasteiger partial charge >= 0.3 is 0 Å². The summed E-state index contributed by atoms with van der Waals surface area (Å²) in [4.78, 5) is 25.1. The predicted octanol–water partition coefficient (Wildman–Crippen LogP) is 4.55. The molecule has 3 aromatic rings. The van der Waals surface area contributed by atoms with Crippen LogP contribution in [0.15, 0.2) is 60.0 Å². The maximum Gasteiger partial charge on any atom is 0.261 e. The molecule has 1 heterocycles. The van der Waals surface area contributed by atoms with Crippen LogP contribution in [0.5, 0.6) is 0 Å². The Morgan fingerprint density at radius 3 is 2.38 bits per heavy atom. The topological polar surface area (TPSA) is 58.2 Å². The van der Waals surface area contributed by atoms with Crippen molar-refractivity contribution in [1.82, 2.24) is 5.32 Å². The van der Waals surface area contributed by atoms with Crippen LogP contribution in [0, 0.1) is 13.8 Å². The molecule has 2 N–H and O–H groups in total. The fraction of sp³-hybridized carbons (Fsp3) is 0.143. The normalized spacial score (nSPS) is 10.4. The minimum atomic E-state index is -0.145. The van der Waals surface area contributed by atoms with Crippen molar-refractivity contribution in [2.45, 2.75) is 20.4 Å². The number of hydrogen-bond acceptors (Lipinski definition) is 3. The highest BCUT2D eigenvalue weighted by Gasteiger charge is 2.09. The van der Waals surface area contributed by atoms with E-state index in [1.54, 1.807) is 18.2 Å². The van der Waals surface area contributed by atoms with E-state index in [-0.39, 0.29) is 11.8 Å². The highest BCUT2D eigenvalue weighted by Crippen LogP contribution is 2.19. The molecular formula is C21H20N2O2S. The number of amides is 2. The summed E-state index contributed by atoms with van der Waals surface area (Å²) in [5.41, 5.74) is 4.55. The van der Waals surface area contributed by atoms with Crippen molar-refractivity contribution in [2.24, 2.45) is 0 Å². The van der Waals surface area contributed by atoms with Crippen LogP contribution in [0.4, 0.5) is 5.69 Å². The molecule has 0 aliphatic heterocycles. The van der Waals surface area contributed by atoms with Gasteiger partial charge in [-0.05, 0) is 60.2 Å². The monoisotopic (exact) mass is 364 g/mol. The molecule has 0 saturated carbocycles. The molecule has 0 bridgehead atoms. The summed E-state index contributed by atoms with van der Waals surface area (Å²) in [5.74, 6) is -0.232. The zero-order chi connectivity index (χ0) is 18.5. The molecule has 0 aliphatic rings. The Kier molecular flexibility index (Phi) is 5.49. The average molecular weight is 364 g/mol. The van der Waals surface area contributed by atoms with E-state index in [9.17, 15) is 9.59 Å². The van der Waals surface area contributed by atoms with Crippen molar-refractivity contribution < 1.29 is 9.59 Å². The van der Waals surface area contributed by atoms with E-state index in [0.717, 1.165) is 22.4 Å². The Morgan fingerprint density at radius 1 is 0.923 bits per heavy atom. The van der Waals surface area contributed by atoms with Crippen molar-refractivity contribution in [3.05, 3.63) is 87.1 Å². The third-order valence-electron chi connectivity index (χ3n) is 4.27. The first-order chi connectivity index (χ1) is 12.5. The van der Waals surface area contributed by atoms with E-state index in [1.165, 1.54) is 11.3 Å². The standard InChI is InChI=1S/C21H20N2O2S/c1-14-5-3-6-18(15(14)2)23-20(24)17-10-8-16(9-11-17)13-22-21(25)19-7-4-12-26-19/h3-12H,13H2,1-2H3,(H,22,25)(H,23,24). The second-order valence-corrected chi connectivity index (χ2v) is 7.01. The number of aryl methyl sites for hydroxylation is 1.